The Morgan fingerprint density at radius 1 is 0.977 bits per heavy atom. The Balaban J connectivity index is 1.46. The smallest absolute Gasteiger partial charge is 0.399 e. The van der Waals surface area contributed by atoms with E-state index in [0.717, 1.165) is 6.07 Å². The van der Waals surface area contributed by atoms with Gasteiger partial charge in [0.2, 0.25) is 0 Å². The number of aromatic nitrogens is 1. The van der Waals surface area contributed by atoms with E-state index in [1.165, 1.54) is 24.4 Å². The minimum atomic E-state index is -5.75. The van der Waals surface area contributed by atoms with Gasteiger partial charge in [-0.2, -0.15) is 8.78 Å². The normalized spacial score (nSPS) is 11.9. The summed E-state index contributed by atoms with van der Waals surface area (Å²) in [6.07, 6.45) is 1.53. The molecule has 0 saturated heterocycles. The number of hydrogen-bond acceptors (Lipinski definition) is 5. The number of carbonyl (C=O) groups is 1. The number of benzene rings is 4. The number of aromatic carboxylic acids is 1. The lowest BCUT2D eigenvalue weighted by Gasteiger charge is -2.23. The van der Waals surface area contributed by atoms with Crippen LogP contribution in [0.2, 0.25) is 5.02 Å². The van der Waals surface area contributed by atoms with E-state index in [4.69, 9.17) is 25.8 Å². The first-order chi connectivity index (χ1) is 20.3. The predicted molar refractivity (Wildman–Crippen MR) is 162 cm³/mol. The summed E-state index contributed by atoms with van der Waals surface area (Å²) in [6, 6.07) is 24.4. The average molecular weight is 690 g/mol. The third-order valence-electron chi connectivity index (χ3n) is 6.56. The van der Waals surface area contributed by atoms with Crippen molar-refractivity contribution in [2.75, 3.05) is 4.90 Å². The van der Waals surface area contributed by atoms with Crippen molar-refractivity contribution >= 4 is 52.8 Å². The minimum Gasteiger partial charge on any atom is -0.478 e. The maximum absolute atomic E-state index is 14.4. The summed E-state index contributed by atoms with van der Waals surface area (Å²) < 4.78 is 46.0. The second kappa shape index (κ2) is 12.0. The summed E-state index contributed by atoms with van der Waals surface area (Å²) in [5.41, 5.74) is -1.93. The fourth-order valence-corrected chi connectivity index (χ4v) is 5.85. The first-order valence-electron chi connectivity index (χ1n) is 12.5. The maximum atomic E-state index is 14.4. The van der Waals surface area contributed by atoms with Crippen LogP contribution in [0.5, 0.6) is 0 Å². The van der Waals surface area contributed by atoms with Crippen molar-refractivity contribution in [1.82, 2.24) is 4.98 Å². The van der Waals surface area contributed by atoms with Crippen molar-refractivity contribution in [3.05, 3.63) is 123 Å². The van der Waals surface area contributed by atoms with E-state index < -0.39 is 24.8 Å². The molecule has 5 aromatic rings. The van der Waals surface area contributed by atoms with Crippen LogP contribution in [-0.2, 0) is 16.8 Å². The van der Waals surface area contributed by atoms with Crippen molar-refractivity contribution in [3.8, 4) is 22.5 Å². The highest BCUT2D eigenvalue weighted by molar-refractivity contribution is 9.10. The fourth-order valence-electron chi connectivity index (χ4n) is 4.39. The quantitative estimate of drug-likeness (QED) is 0.131. The predicted octanol–water partition coefficient (Wildman–Crippen LogP) is 8.69. The number of nitrogens with zero attached hydrogens (tertiary/aromatic N) is 2. The number of oxazole rings is 1. The van der Waals surface area contributed by atoms with Crippen molar-refractivity contribution < 1.29 is 37.5 Å². The molecule has 0 unspecified atom stereocenters. The molecular weight excluding hydrogens is 669 g/mol. The van der Waals surface area contributed by atoms with E-state index in [0.29, 0.717) is 38.7 Å². The van der Waals surface area contributed by atoms with Gasteiger partial charge in [-0.3, -0.25) is 9.46 Å². The summed E-state index contributed by atoms with van der Waals surface area (Å²) in [5.74, 6) is -0.608. The van der Waals surface area contributed by atoms with E-state index in [-0.39, 0.29) is 22.6 Å². The van der Waals surface area contributed by atoms with Crippen LogP contribution in [-0.4, -0.2) is 25.8 Å². The lowest BCUT2D eigenvalue weighted by Crippen LogP contribution is -2.18. The standard InChI is InChI=1S/C30H21BrClF2N2O6P/c31-26-15-18(5-14-25(26)30(33,34)43(39,40)41)17-36(22-12-10-21(32)11-13-22)29-35-16-27(42-29)20-8-6-19(7-9-20)23-3-1-2-4-24(23)28(37)38/h1-16H,17H2,(H,37,38)(H2,39,40,41). The van der Waals surface area contributed by atoms with Crippen LogP contribution in [0.1, 0.15) is 21.5 Å². The molecule has 0 amide bonds. The molecule has 0 saturated carbocycles. The van der Waals surface area contributed by atoms with Crippen molar-refractivity contribution in [3.63, 3.8) is 0 Å². The van der Waals surface area contributed by atoms with Crippen molar-refractivity contribution in [2.45, 2.75) is 12.2 Å². The van der Waals surface area contributed by atoms with Gasteiger partial charge in [0.1, 0.15) is 0 Å². The summed E-state index contributed by atoms with van der Waals surface area (Å²) in [7, 11) is -5.75. The van der Waals surface area contributed by atoms with E-state index in [2.05, 4.69) is 20.9 Å². The Bertz CT molecular complexity index is 1840. The Hall–Kier alpha value is -3.86. The van der Waals surface area contributed by atoms with E-state index in [1.807, 2.05) is 0 Å². The van der Waals surface area contributed by atoms with Crippen molar-refractivity contribution in [1.29, 1.82) is 0 Å². The third-order valence-corrected chi connectivity index (χ3v) is 8.45. The largest absolute Gasteiger partial charge is 0.478 e. The van der Waals surface area contributed by atoms with Gasteiger partial charge in [-0.05, 0) is 53.1 Å². The Morgan fingerprint density at radius 2 is 1.63 bits per heavy atom. The van der Waals surface area contributed by atoms with Crippen LogP contribution in [0, 0.1) is 0 Å². The molecule has 1 aromatic heterocycles. The summed E-state index contributed by atoms with van der Waals surface area (Å²) in [5, 5.41) is 10.0. The lowest BCUT2D eigenvalue weighted by molar-refractivity contribution is 0.0557. The molecule has 4 aromatic carbocycles. The zero-order chi connectivity index (χ0) is 30.9. The minimum absolute atomic E-state index is 0.0901. The highest BCUT2D eigenvalue weighted by Gasteiger charge is 2.51. The van der Waals surface area contributed by atoms with Crippen LogP contribution in [0.25, 0.3) is 22.5 Å². The van der Waals surface area contributed by atoms with Gasteiger partial charge < -0.3 is 19.3 Å². The van der Waals surface area contributed by atoms with Crippen LogP contribution in [0.15, 0.2) is 106 Å². The molecule has 0 aliphatic carbocycles. The first-order valence-corrected chi connectivity index (χ1v) is 15.3. The number of carboxylic acids is 1. The lowest BCUT2D eigenvalue weighted by atomic mass is 9.98. The molecule has 0 radical (unpaired) electrons. The molecule has 0 aliphatic heterocycles. The molecule has 5 rings (SSSR count). The number of halogens is 4. The number of anilines is 2. The van der Waals surface area contributed by atoms with Crippen LogP contribution < -0.4 is 4.90 Å². The Morgan fingerprint density at radius 3 is 2.26 bits per heavy atom. The molecule has 0 bridgehead atoms. The Labute approximate surface area is 257 Å². The second-order valence-corrected chi connectivity index (χ2v) is 12.3. The van der Waals surface area contributed by atoms with Gasteiger partial charge in [0, 0.05) is 26.3 Å². The molecule has 13 heteroatoms. The Kier molecular flexibility index (Phi) is 8.56. The molecule has 0 atom stereocenters. The zero-order valence-corrected chi connectivity index (χ0v) is 25.1. The molecule has 1 heterocycles. The molecule has 0 fully saturated rings. The number of carboxylic acid groups (broad SMARTS) is 1. The zero-order valence-electron chi connectivity index (χ0n) is 21.9. The maximum Gasteiger partial charge on any atom is 0.399 e. The fraction of sp³-hybridized carbons (Fsp3) is 0.0667. The molecule has 0 spiro atoms. The topological polar surface area (TPSA) is 124 Å². The van der Waals surface area contributed by atoms with Gasteiger partial charge in [-0.25, -0.2) is 9.78 Å². The van der Waals surface area contributed by atoms with E-state index in [1.54, 1.807) is 71.6 Å². The van der Waals surface area contributed by atoms with Gasteiger partial charge >= 0.3 is 25.2 Å². The van der Waals surface area contributed by atoms with Gasteiger partial charge in [-0.15, -0.1) is 0 Å². The molecule has 3 N–H and O–H groups in total. The number of hydrogen-bond donors (Lipinski definition) is 3. The molecule has 0 aliphatic rings. The van der Waals surface area contributed by atoms with Crippen LogP contribution in [0.4, 0.5) is 20.5 Å². The van der Waals surface area contributed by atoms with Gasteiger partial charge in [0.05, 0.1) is 18.3 Å². The third kappa shape index (κ3) is 6.41. The van der Waals surface area contributed by atoms with Gasteiger partial charge in [0.25, 0.3) is 0 Å². The van der Waals surface area contributed by atoms with Crippen molar-refractivity contribution in [2.24, 2.45) is 0 Å². The number of rotatable bonds is 9. The first kappa shape index (κ1) is 30.6. The van der Waals surface area contributed by atoms with Gasteiger partial charge in [-0.1, -0.05) is 82.1 Å². The van der Waals surface area contributed by atoms with Crippen LogP contribution in [0.3, 0.4) is 0 Å². The van der Waals surface area contributed by atoms with Gasteiger partial charge in [0.15, 0.2) is 5.76 Å². The molecule has 43 heavy (non-hydrogen) atoms. The average Bonchev–Trinajstić information content (AvgIpc) is 3.46. The summed E-state index contributed by atoms with van der Waals surface area (Å²) >= 11 is 9.10. The van der Waals surface area contributed by atoms with Crippen LogP contribution >= 0.6 is 35.1 Å². The second-order valence-electron chi connectivity index (χ2n) is 9.40. The molecular formula is C30H21BrClF2N2O6P. The monoisotopic (exact) mass is 688 g/mol. The van der Waals surface area contributed by atoms with E-state index >= 15 is 0 Å². The van der Waals surface area contributed by atoms with E-state index in [9.17, 15) is 23.2 Å². The highest BCUT2D eigenvalue weighted by atomic mass is 79.9. The SMILES string of the molecule is O=C(O)c1ccccc1-c1ccc(-c2cnc(N(Cc3ccc(C(F)(F)P(=O)(O)O)c(Br)c3)c3ccc(Cl)cc3)o2)cc1. The highest BCUT2D eigenvalue weighted by Crippen LogP contribution is 2.60. The molecule has 8 nitrogen and oxygen atoms in total. The summed E-state index contributed by atoms with van der Waals surface area (Å²) in [4.78, 5) is 36.0. The summed E-state index contributed by atoms with van der Waals surface area (Å²) in [6.45, 7) is 0.0901. The number of alkyl halides is 2. The molecule has 220 valence electrons.